The maximum Gasteiger partial charge on any atom is 0.239 e. The Morgan fingerprint density at radius 3 is 2.42 bits per heavy atom. The Kier molecular flexibility index (Phi) is 6.53. The first-order valence-corrected chi connectivity index (χ1v) is 9.53. The average Bonchev–Trinajstić information content (AvgIpc) is 3.36. The van der Waals surface area contributed by atoms with Gasteiger partial charge in [0, 0.05) is 13.0 Å². The molecule has 0 saturated heterocycles. The largest absolute Gasteiger partial charge is 0.476 e. The van der Waals surface area contributed by atoms with Gasteiger partial charge in [0.15, 0.2) is 5.02 Å². The van der Waals surface area contributed by atoms with E-state index >= 15 is 0 Å². The molecule has 1 heterocycles. The van der Waals surface area contributed by atoms with Gasteiger partial charge in [0.25, 0.3) is 0 Å². The zero-order valence-corrected chi connectivity index (χ0v) is 16.0. The van der Waals surface area contributed by atoms with Gasteiger partial charge in [-0.25, -0.2) is 9.97 Å². The number of hydrogen-bond acceptors (Lipinski definition) is 6. The van der Waals surface area contributed by atoms with E-state index in [2.05, 4.69) is 15.3 Å². The normalized spacial score (nSPS) is 23.0. The summed E-state index contributed by atoms with van der Waals surface area (Å²) in [5.41, 5.74) is 0. The van der Waals surface area contributed by atoms with Gasteiger partial charge in [0.2, 0.25) is 17.7 Å². The third-order valence-corrected chi connectivity index (χ3v) is 4.88. The summed E-state index contributed by atoms with van der Waals surface area (Å²) in [6.07, 6.45) is 5.92. The Morgan fingerprint density at radius 2 is 1.85 bits per heavy atom. The van der Waals surface area contributed by atoms with Crippen LogP contribution < -0.4 is 14.8 Å². The van der Waals surface area contributed by atoms with Crippen LogP contribution in [0, 0.1) is 11.8 Å². The quantitative estimate of drug-likeness (QED) is 0.668. The second kappa shape index (κ2) is 8.86. The number of nitrogens with zero attached hydrogens (tertiary/aromatic N) is 2. The Hall–Kier alpha value is -1.60. The average molecular weight is 384 g/mol. The van der Waals surface area contributed by atoms with Gasteiger partial charge in [0.05, 0.1) is 25.9 Å². The molecule has 1 N–H and O–H groups in total. The SMILES string of the molecule is CC(=O)N[C@@H](C)CO[C@H]1C[C@H](COc2ncnc(OCC3CC3)c2Cl)C1. The third-order valence-electron chi connectivity index (χ3n) is 4.56. The van der Waals surface area contributed by atoms with Crippen molar-refractivity contribution >= 4 is 17.5 Å². The number of carbonyl (C=O) groups is 1. The van der Waals surface area contributed by atoms with Crippen LogP contribution in [-0.4, -0.2) is 47.8 Å². The molecule has 1 aromatic rings. The molecule has 0 spiro atoms. The highest BCUT2D eigenvalue weighted by atomic mass is 35.5. The van der Waals surface area contributed by atoms with Gasteiger partial charge in [-0.15, -0.1) is 0 Å². The van der Waals surface area contributed by atoms with E-state index in [1.165, 1.54) is 26.1 Å². The van der Waals surface area contributed by atoms with Crippen LogP contribution in [0.5, 0.6) is 11.8 Å². The fraction of sp³-hybridized carbons (Fsp3) is 0.722. The lowest BCUT2D eigenvalue weighted by molar-refractivity contribution is -0.120. The van der Waals surface area contributed by atoms with E-state index in [1.54, 1.807) is 0 Å². The summed E-state index contributed by atoms with van der Waals surface area (Å²) in [5.74, 6) is 1.77. The van der Waals surface area contributed by atoms with Gasteiger partial charge < -0.3 is 19.5 Å². The van der Waals surface area contributed by atoms with Crippen molar-refractivity contribution in [1.82, 2.24) is 15.3 Å². The number of halogens is 1. The molecule has 2 saturated carbocycles. The highest BCUT2D eigenvalue weighted by Gasteiger charge is 2.31. The first-order valence-electron chi connectivity index (χ1n) is 9.16. The van der Waals surface area contributed by atoms with Crippen molar-refractivity contribution in [2.24, 2.45) is 11.8 Å². The number of amides is 1. The lowest BCUT2D eigenvalue weighted by Gasteiger charge is -2.35. The summed E-state index contributed by atoms with van der Waals surface area (Å²) in [7, 11) is 0. The molecule has 2 aliphatic rings. The molecule has 0 radical (unpaired) electrons. The molecule has 1 aromatic heterocycles. The van der Waals surface area contributed by atoms with Crippen LogP contribution >= 0.6 is 11.6 Å². The van der Waals surface area contributed by atoms with Crippen LogP contribution in [0.1, 0.15) is 39.5 Å². The van der Waals surface area contributed by atoms with Crippen molar-refractivity contribution in [2.75, 3.05) is 19.8 Å². The highest BCUT2D eigenvalue weighted by molar-refractivity contribution is 6.33. The number of rotatable bonds is 10. The van der Waals surface area contributed by atoms with E-state index in [0.29, 0.717) is 48.4 Å². The first kappa shape index (κ1) is 19.2. The number of aromatic nitrogens is 2. The zero-order valence-electron chi connectivity index (χ0n) is 15.2. The van der Waals surface area contributed by atoms with Crippen LogP contribution in [0.3, 0.4) is 0 Å². The standard InChI is InChI=1S/C18H26ClN3O4/c1-11(22-12(2)23)7-24-15-5-14(6-15)9-26-18-16(19)17(20-10-21-18)25-8-13-3-4-13/h10-11,13-15H,3-9H2,1-2H3,(H,22,23)/t11-,14-,15-/m0/s1. The van der Waals surface area contributed by atoms with Crippen LogP contribution in [0.25, 0.3) is 0 Å². The molecule has 0 aromatic carbocycles. The molecule has 1 amide bonds. The van der Waals surface area contributed by atoms with Gasteiger partial charge >= 0.3 is 0 Å². The number of nitrogens with one attached hydrogen (secondary N) is 1. The molecule has 0 bridgehead atoms. The molecule has 8 heteroatoms. The van der Waals surface area contributed by atoms with Crippen LogP contribution in [0.15, 0.2) is 6.33 Å². The van der Waals surface area contributed by atoms with E-state index in [0.717, 1.165) is 12.8 Å². The van der Waals surface area contributed by atoms with Crippen LogP contribution in [0.2, 0.25) is 5.02 Å². The second-order valence-electron chi connectivity index (χ2n) is 7.26. The van der Waals surface area contributed by atoms with E-state index < -0.39 is 0 Å². The molecule has 2 fully saturated rings. The minimum atomic E-state index is -0.0387. The predicted molar refractivity (Wildman–Crippen MR) is 96.5 cm³/mol. The summed E-state index contributed by atoms with van der Waals surface area (Å²) in [6, 6.07) is 0.0247. The summed E-state index contributed by atoms with van der Waals surface area (Å²) in [4.78, 5) is 19.1. The lowest BCUT2D eigenvalue weighted by Crippen LogP contribution is -2.40. The van der Waals surface area contributed by atoms with Gasteiger partial charge in [0.1, 0.15) is 6.33 Å². The monoisotopic (exact) mass is 383 g/mol. The molecule has 1 atom stereocenters. The Balaban J connectivity index is 1.35. The van der Waals surface area contributed by atoms with Crippen molar-refractivity contribution in [3.63, 3.8) is 0 Å². The van der Waals surface area contributed by atoms with Crippen molar-refractivity contribution in [3.05, 3.63) is 11.3 Å². The topological polar surface area (TPSA) is 82.6 Å². The fourth-order valence-electron chi connectivity index (χ4n) is 2.83. The number of ether oxygens (including phenoxy) is 3. The molecule has 7 nitrogen and oxygen atoms in total. The minimum Gasteiger partial charge on any atom is -0.476 e. The molecule has 2 aliphatic carbocycles. The zero-order chi connectivity index (χ0) is 18.5. The van der Waals surface area contributed by atoms with E-state index in [4.69, 9.17) is 25.8 Å². The summed E-state index contributed by atoms with van der Waals surface area (Å²) in [6.45, 7) is 5.15. The predicted octanol–water partition coefficient (Wildman–Crippen LogP) is 2.62. The molecule has 26 heavy (non-hydrogen) atoms. The molecule has 3 rings (SSSR count). The summed E-state index contributed by atoms with van der Waals surface area (Å²) >= 11 is 6.28. The van der Waals surface area contributed by atoms with Gasteiger partial charge in [-0.2, -0.15) is 0 Å². The van der Waals surface area contributed by atoms with Crippen molar-refractivity contribution in [2.45, 2.75) is 51.7 Å². The van der Waals surface area contributed by atoms with Gasteiger partial charge in [-0.1, -0.05) is 11.6 Å². The van der Waals surface area contributed by atoms with Crippen LogP contribution in [-0.2, 0) is 9.53 Å². The molecular weight excluding hydrogens is 358 g/mol. The van der Waals surface area contributed by atoms with Gasteiger partial charge in [-0.3, -0.25) is 4.79 Å². The molecule has 0 unspecified atom stereocenters. The fourth-order valence-corrected chi connectivity index (χ4v) is 3.04. The van der Waals surface area contributed by atoms with Crippen molar-refractivity contribution in [3.8, 4) is 11.8 Å². The summed E-state index contributed by atoms with van der Waals surface area (Å²) in [5, 5.41) is 3.14. The van der Waals surface area contributed by atoms with E-state index in [1.807, 2.05) is 6.92 Å². The first-order chi connectivity index (χ1) is 12.5. The molecular formula is C18H26ClN3O4. The molecule has 144 valence electrons. The van der Waals surface area contributed by atoms with E-state index in [9.17, 15) is 4.79 Å². The maximum atomic E-state index is 11.0. The van der Waals surface area contributed by atoms with Crippen molar-refractivity contribution in [1.29, 1.82) is 0 Å². The Bertz CT molecular complexity index is 620. The third kappa shape index (κ3) is 5.71. The second-order valence-corrected chi connectivity index (χ2v) is 7.64. The Labute approximate surface area is 158 Å². The minimum absolute atomic E-state index is 0.0247. The Morgan fingerprint density at radius 1 is 1.23 bits per heavy atom. The summed E-state index contributed by atoms with van der Waals surface area (Å²) < 4.78 is 17.2. The lowest BCUT2D eigenvalue weighted by atomic mass is 9.83. The number of hydrogen-bond donors (Lipinski definition) is 1. The van der Waals surface area contributed by atoms with Crippen LogP contribution in [0.4, 0.5) is 0 Å². The van der Waals surface area contributed by atoms with Crippen molar-refractivity contribution < 1.29 is 19.0 Å². The maximum absolute atomic E-state index is 11.0. The van der Waals surface area contributed by atoms with E-state index in [-0.39, 0.29) is 18.1 Å². The number of carbonyl (C=O) groups excluding carboxylic acids is 1. The highest BCUT2D eigenvalue weighted by Crippen LogP contribution is 2.35. The van der Waals surface area contributed by atoms with Gasteiger partial charge in [-0.05, 0) is 44.4 Å². The molecule has 0 aliphatic heterocycles. The smallest absolute Gasteiger partial charge is 0.239 e.